The van der Waals surface area contributed by atoms with Gasteiger partial charge in [-0.2, -0.15) is 0 Å². The van der Waals surface area contributed by atoms with E-state index in [1.165, 1.54) is 7.11 Å². The normalized spacial score (nSPS) is 10.0. The van der Waals surface area contributed by atoms with Crippen LogP contribution in [-0.4, -0.2) is 19.0 Å². The Bertz CT molecular complexity index is 627. The van der Waals surface area contributed by atoms with Crippen LogP contribution in [0.5, 0.6) is 5.75 Å². The summed E-state index contributed by atoms with van der Waals surface area (Å²) >= 11 is 0. The van der Waals surface area contributed by atoms with Gasteiger partial charge in [0.15, 0.2) is 0 Å². The molecule has 0 N–H and O–H groups in total. The lowest BCUT2D eigenvalue weighted by atomic mass is 10.1. The summed E-state index contributed by atoms with van der Waals surface area (Å²) in [7, 11) is 1.32. The topological polar surface area (TPSA) is 52.6 Å². The molecule has 0 aromatic heterocycles. The lowest BCUT2D eigenvalue weighted by Crippen LogP contribution is -2.11. The molecular formula is C17H16O4. The first kappa shape index (κ1) is 14.8. The average molecular weight is 284 g/mol. The van der Waals surface area contributed by atoms with Gasteiger partial charge < -0.3 is 9.47 Å². The van der Waals surface area contributed by atoms with Crippen LogP contribution in [0.1, 0.15) is 21.5 Å². The van der Waals surface area contributed by atoms with E-state index in [9.17, 15) is 9.59 Å². The van der Waals surface area contributed by atoms with Gasteiger partial charge in [-0.3, -0.25) is 4.79 Å². The smallest absolute Gasteiger partial charge is 0.337 e. The van der Waals surface area contributed by atoms with Crippen molar-refractivity contribution < 1.29 is 19.1 Å². The molecule has 0 radical (unpaired) electrons. The third-order valence-corrected chi connectivity index (χ3v) is 2.98. The zero-order valence-electron chi connectivity index (χ0n) is 12.0. The minimum atomic E-state index is -0.424. The standard InChI is InChI=1S/C17H16O4/c1-12-3-5-13(6-4-12)11-16(18)21-15-9-7-14(8-10-15)17(19)20-2/h3-10H,11H2,1-2H3. The second-order valence-corrected chi connectivity index (χ2v) is 4.65. The molecule has 0 aliphatic heterocycles. The maximum Gasteiger partial charge on any atom is 0.337 e. The van der Waals surface area contributed by atoms with Crippen molar-refractivity contribution in [1.29, 1.82) is 0 Å². The molecule has 0 atom stereocenters. The van der Waals surface area contributed by atoms with E-state index in [-0.39, 0.29) is 12.4 Å². The molecule has 0 aliphatic rings. The molecule has 0 saturated heterocycles. The van der Waals surface area contributed by atoms with Crippen LogP contribution in [0.3, 0.4) is 0 Å². The van der Waals surface area contributed by atoms with Crippen LogP contribution in [0.25, 0.3) is 0 Å². The molecule has 0 aliphatic carbocycles. The molecule has 0 unspecified atom stereocenters. The van der Waals surface area contributed by atoms with Crippen LogP contribution in [-0.2, 0) is 16.0 Å². The number of aryl methyl sites for hydroxylation is 1. The minimum absolute atomic E-state index is 0.207. The quantitative estimate of drug-likeness (QED) is 0.640. The van der Waals surface area contributed by atoms with Crippen LogP contribution in [0.4, 0.5) is 0 Å². The fourth-order valence-electron chi connectivity index (χ4n) is 1.82. The van der Waals surface area contributed by atoms with Crippen molar-refractivity contribution in [3.05, 3.63) is 65.2 Å². The van der Waals surface area contributed by atoms with Gasteiger partial charge in [0.2, 0.25) is 0 Å². The monoisotopic (exact) mass is 284 g/mol. The van der Waals surface area contributed by atoms with Crippen LogP contribution in [0, 0.1) is 6.92 Å². The molecule has 2 rings (SSSR count). The molecule has 0 heterocycles. The predicted octanol–water partition coefficient (Wildman–Crippen LogP) is 2.93. The number of benzene rings is 2. The first-order valence-corrected chi connectivity index (χ1v) is 6.53. The molecular weight excluding hydrogens is 268 g/mol. The molecule has 2 aromatic rings. The van der Waals surface area contributed by atoms with Crippen LogP contribution in [0.15, 0.2) is 48.5 Å². The second-order valence-electron chi connectivity index (χ2n) is 4.65. The molecule has 0 fully saturated rings. The third kappa shape index (κ3) is 4.18. The van der Waals surface area contributed by atoms with Gasteiger partial charge in [-0.25, -0.2) is 4.79 Å². The Morgan fingerprint density at radius 3 is 2.14 bits per heavy atom. The number of carbonyl (C=O) groups excluding carboxylic acids is 2. The van der Waals surface area contributed by atoms with E-state index in [1.807, 2.05) is 31.2 Å². The van der Waals surface area contributed by atoms with Crippen LogP contribution >= 0.6 is 0 Å². The van der Waals surface area contributed by atoms with Crippen molar-refractivity contribution >= 4 is 11.9 Å². The van der Waals surface area contributed by atoms with Crippen molar-refractivity contribution in [1.82, 2.24) is 0 Å². The molecule has 0 amide bonds. The van der Waals surface area contributed by atoms with Gasteiger partial charge in [-0.15, -0.1) is 0 Å². The maximum atomic E-state index is 11.8. The van der Waals surface area contributed by atoms with Gasteiger partial charge in [0, 0.05) is 0 Å². The summed E-state index contributed by atoms with van der Waals surface area (Å²) in [5, 5.41) is 0. The van der Waals surface area contributed by atoms with E-state index in [2.05, 4.69) is 4.74 Å². The summed E-state index contributed by atoms with van der Waals surface area (Å²) < 4.78 is 9.83. The van der Waals surface area contributed by atoms with E-state index >= 15 is 0 Å². The third-order valence-electron chi connectivity index (χ3n) is 2.98. The van der Waals surface area contributed by atoms with E-state index < -0.39 is 5.97 Å². The van der Waals surface area contributed by atoms with Gasteiger partial charge in [0.05, 0.1) is 19.1 Å². The van der Waals surface area contributed by atoms with E-state index in [0.29, 0.717) is 11.3 Å². The minimum Gasteiger partial charge on any atom is -0.465 e. The highest BCUT2D eigenvalue weighted by Crippen LogP contribution is 2.14. The molecule has 2 aromatic carbocycles. The lowest BCUT2D eigenvalue weighted by Gasteiger charge is -2.05. The summed E-state index contributed by atoms with van der Waals surface area (Å²) in [6.07, 6.45) is 0.207. The number of hydrogen-bond donors (Lipinski definition) is 0. The van der Waals surface area contributed by atoms with E-state index in [4.69, 9.17) is 4.74 Å². The highest BCUT2D eigenvalue weighted by atomic mass is 16.5. The lowest BCUT2D eigenvalue weighted by molar-refractivity contribution is -0.133. The SMILES string of the molecule is COC(=O)c1ccc(OC(=O)Cc2ccc(C)cc2)cc1. The molecule has 21 heavy (non-hydrogen) atoms. The summed E-state index contributed by atoms with van der Waals surface area (Å²) in [4.78, 5) is 23.1. The number of rotatable bonds is 4. The second kappa shape index (κ2) is 6.70. The number of ether oxygens (including phenoxy) is 2. The Kier molecular flexibility index (Phi) is 4.72. The molecule has 4 nitrogen and oxygen atoms in total. The Morgan fingerprint density at radius 2 is 1.57 bits per heavy atom. The Balaban J connectivity index is 1.96. The Morgan fingerprint density at radius 1 is 0.952 bits per heavy atom. The van der Waals surface area contributed by atoms with Crippen molar-refractivity contribution in [2.45, 2.75) is 13.3 Å². The van der Waals surface area contributed by atoms with Gasteiger partial charge in [-0.05, 0) is 36.8 Å². The summed E-state index contributed by atoms with van der Waals surface area (Å²) in [5.74, 6) is -0.364. The maximum absolute atomic E-state index is 11.8. The molecule has 4 heteroatoms. The van der Waals surface area contributed by atoms with Gasteiger partial charge in [0.1, 0.15) is 5.75 Å². The molecule has 0 bridgehead atoms. The summed E-state index contributed by atoms with van der Waals surface area (Å²) in [5.41, 5.74) is 2.46. The van der Waals surface area contributed by atoms with Crippen molar-refractivity contribution in [2.24, 2.45) is 0 Å². The first-order chi connectivity index (χ1) is 10.1. The van der Waals surface area contributed by atoms with Crippen molar-refractivity contribution in [2.75, 3.05) is 7.11 Å². The molecule has 0 saturated carbocycles. The molecule has 108 valence electrons. The Hall–Kier alpha value is -2.62. The fourth-order valence-corrected chi connectivity index (χ4v) is 1.82. The van der Waals surface area contributed by atoms with Gasteiger partial charge in [0.25, 0.3) is 0 Å². The largest absolute Gasteiger partial charge is 0.465 e. The van der Waals surface area contributed by atoms with Gasteiger partial charge >= 0.3 is 11.9 Å². The number of carbonyl (C=O) groups is 2. The van der Waals surface area contributed by atoms with Crippen LogP contribution < -0.4 is 4.74 Å². The highest BCUT2D eigenvalue weighted by molar-refractivity contribution is 5.89. The molecule has 0 spiro atoms. The predicted molar refractivity (Wildman–Crippen MR) is 78.3 cm³/mol. The zero-order chi connectivity index (χ0) is 15.2. The first-order valence-electron chi connectivity index (χ1n) is 6.53. The zero-order valence-corrected chi connectivity index (χ0v) is 12.0. The number of hydrogen-bond acceptors (Lipinski definition) is 4. The summed E-state index contributed by atoms with van der Waals surface area (Å²) in [6, 6.07) is 14.0. The van der Waals surface area contributed by atoms with E-state index in [0.717, 1.165) is 11.1 Å². The number of esters is 2. The number of methoxy groups -OCH3 is 1. The van der Waals surface area contributed by atoms with Crippen molar-refractivity contribution in [3.63, 3.8) is 0 Å². The fraction of sp³-hybridized carbons (Fsp3) is 0.176. The average Bonchev–Trinajstić information content (AvgIpc) is 2.49. The van der Waals surface area contributed by atoms with Gasteiger partial charge in [-0.1, -0.05) is 29.8 Å². The van der Waals surface area contributed by atoms with E-state index in [1.54, 1.807) is 24.3 Å². The van der Waals surface area contributed by atoms with Crippen LogP contribution in [0.2, 0.25) is 0 Å². The summed E-state index contributed by atoms with van der Waals surface area (Å²) in [6.45, 7) is 1.99. The Labute approximate surface area is 123 Å². The van der Waals surface area contributed by atoms with Crippen molar-refractivity contribution in [3.8, 4) is 5.75 Å². The highest BCUT2D eigenvalue weighted by Gasteiger charge is 2.08.